The van der Waals surface area contributed by atoms with E-state index in [1.807, 2.05) is 34.1 Å². The van der Waals surface area contributed by atoms with Gasteiger partial charge in [0.25, 0.3) is 17.7 Å². The van der Waals surface area contributed by atoms with E-state index in [1.54, 1.807) is 30.5 Å². The second-order valence-corrected chi connectivity index (χ2v) is 18.8. The minimum absolute atomic E-state index is 0.0105. The number of halogens is 3. The van der Waals surface area contributed by atoms with E-state index in [-0.39, 0.29) is 65.5 Å². The number of nitrogens with zero attached hydrogens (tertiary/aromatic N) is 9. The highest BCUT2D eigenvalue weighted by molar-refractivity contribution is 6.34. The number of fused-ring (bicyclic) bond motifs is 2. The van der Waals surface area contributed by atoms with Crippen molar-refractivity contribution in [3.05, 3.63) is 69.8 Å². The molecule has 344 valence electrons. The van der Waals surface area contributed by atoms with Crippen molar-refractivity contribution < 1.29 is 32.7 Å². The zero-order valence-corrected chi connectivity index (χ0v) is 37.5. The first-order chi connectivity index (χ1) is 31.2. The van der Waals surface area contributed by atoms with Crippen LogP contribution in [0.5, 0.6) is 0 Å². The predicted molar refractivity (Wildman–Crippen MR) is 238 cm³/mol. The summed E-state index contributed by atoms with van der Waals surface area (Å²) < 4.78 is 39.5. The summed E-state index contributed by atoms with van der Waals surface area (Å²) in [5, 5.41) is 13.7. The van der Waals surface area contributed by atoms with Gasteiger partial charge < -0.3 is 25.2 Å². The van der Waals surface area contributed by atoms with Gasteiger partial charge in [-0.15, -0.1) is 5.10 Å². The van der Waals surface area contributed by atoms with E-state index in [0.717, 1.165) is 41.8 Å². The monoisotopic (exact) mass is 914 g/mol. The number of imidazole rings is 1. The van der Waals surface area contributed by atoms with Crippen LogP contribution in [0.25, 0.3) is 5.65 Å². The largest absolute Gasteiger partial charge is 0.385 e. The number of rotatable bonds is 10. The Balaban J connectivity index is 0.758. The minimum atomic E-state index is -2.91. The third-order valence-corrected chi connectivity index (χ3v) is 15.0. The van der Waals surface area contributed by atoms with E-state index >= 15 is 8.78 Å². The normalized spacial score (nSPS) is 24.2. The number of likely N-dealkylation sites (tertiary alicyclic amines) is 3. The number of alkyl halides is 2. The van der Waals surface area contributed by atoms with Crippen LogP contribution in [-0.4, -0.2) is 149 Å². The highest BCUT2D eigenvalue weighted by Gasteiger charge is 2.52. The maximum absolute atomic E-state index is 16.2. The molecule has 20 heteroatoms. The second-order valence-electron chi connectivity index (χ2n) is 18.4. The number of amides is 5. The van der Waals surface area contributed by atoms with Crippen molar-refractivity contribution in [1.29, 1.82) is 0 Å². The third-order valence-electron chi connectivity index (χ3n) is 14.5. The molecular weight excluding hydrogens is 862 g/mol. The summed E-state index contributed by atoms with van der Waals surface area (Å²) in [6, 6.07) is 7.94. The molecule has 6 aliphatic rings. The van der Waals surface area contributed by atoms with Gasteiger partial charge in [0, 0.05) is 77.0 Å². The molecule has 0 bridgehead atoms. The number of imide groups is 1. The number of methoxy groups -OCH3 is 1. The van der Waals surface area contributed by atoms with E-state index in [0.29, 0.717) is 93.6 Å². The lowest BCUT2D eigenvalue weighted by Gasteiger charge is -2.55. The molecule has 0 unspecified atom stereocenters. The summed E-state index contributed by atoms with van der Waals surface area (Å²) in [6.45, 7) is 5.14. The Morgan fingerprint density at radius 3 is 2.48 bits per heavy atom. The SMILES string of the molecule is CNc1cc(N2CCc3c(CN4CC[C@@H](N5CCC6(CC5)CN(C(=O)c5cc(N7CCC(=O)NC7=O)c(Cl)c(C)n5)C6)C(F)(F)C4)cccc32)nn2c(C(=O)N[C@@H]3CC[C@H]3OC)cnc12. The van der Waals surface area contributed by atoms with Gasteiger partial charge >= 0.3 is 6.03 Å². The second kappa shape index (κ2) is 16.7. The Kier molecular flexibility index (Phi) is 11.2. The summed E-state index contributed by atoms with van der Waals surface area (Å²) in [5.41, 5.74) is 5.42. The van der Waals surface area contributed by atoms with Gasteiger partial charge in [0.05, 0.1) is 53.0 Å². The van der Waals surface area contributed by atoms with Crippen molar-refractivity contribution >= 4 is 63.9 Å². The molecule has 10 rings (SSSR count). The number of aryl methyl sites for hydroxylation is 1. The Hall–Kier alpha value is -5.50. The van der Waals surface area contributed by atoms with Crippen LogP contribution in [0.3, 0.4) is 0 Å². The van der Waals surface area contributed by atoms with Crippen LogP contribution in [0.15, 0.2) is 36.5 Å². The van der Waals surface area contributed by atoms with E-state index in [4.69, 9.17) is 21.4 Å². The van der Waals surface area contributed by atoms with Gasteiger partial charge in [0.1, 0.15) is 5.69 Å². The number of piperidine rings is 2. The van der Waals surface area contributed by atoms with E-state index in [9.17, 15) is 19.2 Å². The smallest absolute Gasteiger partial charge is 0.328 e. The van der Waals surface area contributed by atoms with Gasteiger partial charge in [0.2, 0.25) is 5.91 Å². The molecule has 4 aromatic rings. The number of carbonyl (C=O) groups excluding carboxylic acids is 4. The molecule has 65 heavy (non-hydrogen) atoms. The average Bonchev–Trinajstić information content (AvgIpc) is 3.91. The van der Waals surface area contributed by atoms with E-state index in [1.165, 1.54) is 17.2 Å². The Morgan fingerprint density at radius 2 is 1.77 bits per heavy atom. The number of benzene rings is 1. The fourth-order valence-corrected chi connectivity index (χ4v) is 10.9. The number of hydrogen-bond donors (Lipinski definition) is 3. The molecule has 5 fully saturated rings. The molecule has 1 aliphatic carbocycles. The van der Waals surface area contributed by atoms with Gasteiger partial charge in [-0.05, 0) is 81.8 Å². The van der Waals surface area contributed by atoms with Gasteiger partial charge in [-0.2, -0.15) is 0 Å². The maximum Gasteiger partial charge on any atom is 0.328 e. The van der Waals surface area contributed by atoms with Crippen LogP contribution in [-0.2, 0) is 22.5 Å². The summed E-state index contributed by atoms with van der Waals surface area (Å²) in [7, 11) is 3.45. The topological polar surface area (TPSA) is 173 Å². The van der Waals surface area contributed by atoms with Crippen molar-refractivity contribution in [3.63, 3.8) is 0 Å². The molecule has 3 N–H and O–H groups in total. The third kappa shape index (κ3) is 7.82. The maximum atomic E-state index is 16.2. The average molecular weight is 915 g/mol. The number of pyridine rings is 1. The zero-order chi connectivity index (χ0) is 45.4. The number of aromatic nitrogens is 4. The standard InChI is InChI=1S/C45H53ClF2N12O5/c1-26-39(46)33(59-16-11-38(61)53-43(59)64)19-31(51-26)42(63)57-23-44(24-57)12-17-56(18-13-44)36-10-14-55(25-45(36,47)48)22-27-5-4-6-32-28(27)9-15-58(32)37-20-30(49-2)40-50-21-34(60(40)54-37)41(62)52-29-7-8-35(29)65-3/h4-6,19-21,29,35-36,49H,7-18,22-25H2,1-3H3,(H,52,62)(H,53,61,64)/t29-,35-,36-/m1/s1. The fraction of sp³-hybridized carbons (Fsp3) is 0.533. The fourth-order valence-electron chi connectivity index (χ4n) is 10.7. The molecule has 8 heterocycles. The van der Waals surface area contributed by atoms with Gasteiger partial charge in [-0.25, -0.2) is 28.1 Å². The number of carbonyl (C=O) groups is 4. The molecule has 1 spiro atoms. The first-order valence-electron chi connectivity index (χ1n) is 22.5. The minimum Gasteiger partial charge on any atom is -0.385 e. The molecule has 1 saturated carbocycles. The molecule has 17 nitrogen and oxygen atoms in total. The number of urea groups is 1. The predicted octanol–water partition coefficient (Wildman–Crippen LogP) is 4.62. The molecule has 5 aliphatic heterocycles. The van der Waals surface area contributed by atoms with Crippen LogP contribution >= 0.6 is 11.6 Å². The van der Waals surface area contributed by atoms with Crippen LogP contribution in [0.1, 0.15) is 76.3 Å². The van der Waals surface area contributed by atoms with Crippen molar-refractivity contribution in [2.45, 2.75) is 82.5 Å². The van der Waals surface area contributed by atoms with Crippen molar-refractivity contribution in [3.8, 4) is 0 Å². The molecule has 1 aromatic carbocycles. The van der Waals surface area contributed by atoms with Gasteiger partial charge in [0.15, 0.2) is 17.2 Å². The quantitative estimate of drug-likeness (QED) is 0.202. The number of nitrogens with one attached hydrogen (secondary N) is 3. The molecule has 3 atom stereocenters. The lowest BCUT2D eigenvalue weighted by atomic mass is 9.71. The molecule has 3 aromatic heterocycles. The Bertz CT molecular complexity index is 2580. The van der Waals surface area contributed by atoms with Crippen LogP contribution in [0.4, 0.5) is 36.5 Å². The van der Waals surface area contributed by atoms with Gasteiger partial charge in [-0.1, -0.05) is 23.7 Å². The Labute approximate surface area is 379 Å². The van der Waals surface area contributed by atoms with Crippen LogP contribution in [0.2, 0.25) is 5.02 Å². The molecular formula is C45H53ClF2N12O5. The zero-order valence-electron chi connectivity index (χ0n) is 36.7. The summed E-state index contributed by atoms with van der Waals surface area (Å²) in [5.74, 6) is -3.18. The first kappa shape index (κ1) is 43.4. The van der Waals surface area contributed by atoms with E-state index in [2.05, 4.69) is 30.8 Å². The first-order valence-corrected chi connectivity index (χ1v) is 22.8. The molecule has 4 saturated heterocycles. The summed E-state index contributed by atoms with van der Waals surface area (Å²) in [6.07, 6.45) is 5.88. The van der Waals surface area contributed by atoms with Crippen molar-refractivity contribution in [1.82, 2.24) is 44.9 Å². The summed E-state index contributed by atoms with van der Waals surface area (Å²) in [4.78, 5) is 69.3. The highest BCUT2D eigenvalue weighted by atomic mass is 35.5. The highest BCUT2D eigenvalue weighted by Crippen LogP contribution is 2.44. The lowest BCUT2D eigenvalue weighted by Crippen LogP contribution is -2.65. The number of anilines is 4. The molecule has 0 radical (unpaired) electrons. The number of hydrogen-bond acceptors (Lipinski definition) is 12. The van der Waals surface area contributed by atoms with E-state index < -0.39 is 18.0 Å². The molecule has 5 amide bonds. The van der Waals surface area contributed by atoms with Crippen molar-refractivity contribution in [2.75, 3.05) is 81.6 Å². The lowest BCUT2D eigenvalue weighted by molar-refractivity contribution is -0.143. The Morgan fingerprint density at radius 1 is 0.985 bits per heavy atom. The van der Waals surface area contributed by atoms with Crippen molar-refractivity contribution in [2.24, 2.45) is 5.41 Å². The van der Waals surface area contributed by atoms with Gasteiger partial charge in [-0.3, -0.25) is 34.4 Å². The number of ether oxygens (including phenoxy) is 1. The van der Waals surface area contributed by atoms with Crippen LogP contribution in [0, 0.1) is 12.3 Å². The van der Waals surface area contributed by atoms with Crippen LogP contribution < -0.4 is 25.8 Å². The summed E-state index contributed by atoms with van der Waals surface area (Å²) >= 11 is 6.51.